The summed E-state index contributed by atoms with van der Waals surface area (Å²) in [6.45, 7) is -0.407. The average molecular weight is 658 g/mol. The first kappa shape index (κ1) is 31.3. The minimum Gasteiger partial charge on any atom is -0.356 e. The molecule has 2 fully saturated rings. The van der Waals surface area contributed by atoms with E-state index < -0.39 is 36.0 Å². The molecule has 1 aromatic heterocycles. The maximum atomic E-state index is 13.3. The molecule has 2 aliphatic heterocycles. The van der Waals surface area contributed by atoms with E-state index in [1.165, 1.54) is 57.9 Å². The fraction of sp³-hybridized carbons (Fsp3) is 0.296. The summed E-state index contributed by atoms with van der Waals surface area (Å²) in [6, 6.07) is 16.6. The van der Waals surface area contributed by atoms with Gasteiger partial charge in [0, 0.05) is 58.6 Å². The number of aromatic nitrogens is 1. The van der Waals surface area contributed by atoms with Gasteiger partial charge in [0.05, 0.1) is 20.9 Å². The smallest absolute Gasteiger partial charge is 0.270 e. The predicted molar refractivity (Wildman–Crippen MR) is 155 cm³/mol. The third-order valence-corrected chi connectivity index (χ3v) is 13.3. The van der Waals surface area contributed by atoms with E-state index in [0.29, 0.717) is 0 Å². The monoisotopic (exact) mass is 657 g/mol. The quantitative estimate of drug-likeness (QED) is 0.378. The van der Waals surface area contributed by atoms with Crippen LogP contribution in [0, 0.1) is 22.7 Å². The molecule has 0 aliphatic carbocycles. The largest absolute Gasteiger partial charge is 0.356 e. The summed E-state index contributed by atoms with van der Waals surface area (Å²) >= 11 is 0. The summed E-state index contributed by atoms with van der Waals surface area (Å²) in [5, 5.41) is 18.6. The summed E-state index contributed by atoms with van der Waals surface area (Å²) in [4.78, 5) is 16.9. The number of nitrogens with one attached hydrogen (secondary N) is 1. The second-order valence-electron chi connectivity index (χ2n) is 9.97. The van der Waals surface area contributed by atoms with Crippen molar-refractivity contribution >= 4 is 36.0 Å². The second-order valence-corrected chi connectivity index (χ2v) is 15.7. The van der Waals surface area contributed by atoms with Gasteiger partial charge in [0.15, 0.2) is 0 Å². The van der Waals surface area contributed by atoms with Crippen LogP contribution in [0.3, 0.4) is 0 Å². The van der Waals surface area contributed by atoms with Crippen LogP contribution in [0.25, 0.3) is 0 Å². The summed E-state index contributed by atoms with van der Waals surface area (Å²) in [5.41, 5.74) is 0.0296. The van der Waals surface area contributed by atoms with Crippen LogP contribution in [0.1, 0.15) is 21.6 Å². The van der Waals surface area contributed by atoms with E-state index in [0.717, 1.165) is 8.61 Å². The summed E-state index contributed by atoms with van der Waals surface area (Å²) in [5.74, 6) is -0.506. The Kier molecular flexibility index (Phi) is 8.63. The van der Waals surface area contributed by atoms with Gasteiger partial charge in [-0.2, -0.15) is 23.4 Å². The van der Waals surface area contributed by atoms with Crippen molar-refractivity contribution in [3.8, 4) is 12.1 Å². The highest BCUT2D eigenvalue weighted by Crippen LogP contribution is 2.25. The Hall–Kier alpha value is -4.10. The van der Waals surface area contributed by atoms with Crippen molar-refractivity contribution in [2.45, 2.75) is 14.7 Å². The minimum absolute atomic E-state index is 0.000520. The van der Waals surface area contributed by atoms with Crippen LogP contribution in [0.15, 0.2) is 75.5 Å². The fourth-order valence-electron chi connectivity index (χ4n) is 5.09. The molecule has 1 amide bonds. The van der Waals surface area contributed by atoms with Crippen LogP contribution in [0.4, 0.5) is 0 Å². The Morgan fingerprint density at radius 3 is 1.50 bits per heavy atom. The lowest BCUT2D eigenvalue weighted by Crippen LogP contribution is -2.50. The Morgan fingerprint density at radius 2 is 1.05 bits per heavy atom. The zero-order valence-corrected chi connectivity index (χ0v) is 25.6. The molecule has 0 bridgehead atoms. The molecule has 2 saturated heterocycles. The van der Waals surface area contributed by atoms with E-state index in [1.807, 2.05) is 12.1 Å². The van der Waals surface area contributed by atoms with Crippen molar-refractivity contribution in [3.63, 3.8) is 0 Å². The minimum atomic E-state index is -4.07. The third kappa shape index (κ3) is 5.73. The van der Waals surface area contributed by atoms with Crippen molar-refractivity contribution in [2.24, 2.45) is 0 Å². The molecular weight excluding hydrogens is 631 g/mol. The van der Waals surface area contributed by atoms with Gasteiger partial charge in [0.25, 0.3) is 5.91 Å². The van der Waals surface area contributed by atoms with Crippen LogP contribution in [0.5, 0.6) is 0 Å². The van der Waals surface area contributed by atoms with Crippen LogP contribution in [-0.4, -0.2) is 106 Å². The summed E-state index contributed by atoms with van der Waals surface area (Å²) in [6.07, 6.45) is 1.19. The molecule has 1 N–H and O–H groups in total. The molecule has 230 valence electrons. The van der Waals surface area contributed by atoms with Crippen molar-refractivity contribution in [3.05, 3.63) is 77.6 Å². The average Bonchev–Trinajstić information content (AvgIpc) is 3.56. The number of amides is 1. The van der Waals surface area contributed by atoms with Gasteiger partial charge >= 0.3 is 0 Å². The Balaban J connectivity index is 1.22. The SMILES string of the molecule is N#Cc1ccccc1S(=O)(=O)N1CCN(C(=O)c2cc(S(=O)(=O)N3CCN(S(=O)(=O)c4ccccc4C#N)CC3)c[nH]2)CC1. The number of hydrogen-bond donors (Lipinski definition) is 1. The summed E-state index contributed by atoms with van der Waals surface area (Å²) in [7, 11) is -12.0. The molecule has 0 unspecified atom stereocenters. The van der Waals surface area contributed by atoms with E-state index in [2.05, 4.69) is 4.98 Å². The number of H-pyrrole nitrogens is 1. The van der Waals surface area contributed by atoms with E-state index in [4.69, 9.17) is 0 Å². The van der Waals surface area contributed by atoms with Gasteiger partial charge in [-0.15, -0.1) is 0 Å². The molecule has 0 atom stereocenters. The van der Waals surface area contributed by atoms with Crippen LogP contribution in [0.2, 0.25) is 0 Å². The van der Waals surface area contributed by atoms with Gasteiger partial charge < -0.3 is 9.88 Å². The second kappa shape index (κ2) is 12.1. The molecule has 2 aliphatic rings. The molecule has 0 radical (unpaired) electrons. The van der Waals surface area contributed by atoms with Crippen LogP contribution >= 0.6 is 0 Å². The first-order valence-corrected chi connectivity index (χ1v) is 17.7. The molecule has 3 heterocycles. The normalized spacial score (nSPS) is 17.5. The molecule has 44 heavy (non-hydrogen) atoms. The highest BCUT2D eigenvalue weighted by molar-refractivity contribution is 7.90. The van der Waals surface area contributed by atoms with Gasteiger partial charge in [-0.3, -0.25) is 4.79 Å². The van der Waals surface area contributed by atoms with Crippen LogP contribution in [-0.2, 0) is 30.1 Å². The first-order valence-electron chi connectivity index (χ1n) is 13.4. The molecule has 0 spiro atoms. The molecule has 2 aromatic carbocycles. The number of rotatable bonds is 7. The number of carbonyl (C=O) groups is 1. The van der Waals surface area contributed by atoms with Gasteiger partial charge in [0.2, 0.25) is 30.1 Å². The number of piperazine rings is 2. The van der Waals surface area contributed by atoms with Gasteiger partial charge in [0.1, 0.15) is 22.7 Å². The van der Waals surface area contributed by atoms with E-state index in [9.17, 15) is 40.6 Å². The van der Waals surface area contributed by atoms with Gasteiger partial charge in [-0.25, -0.2) is 25.3 Å². The molecule has 17 heteroatoms. The predicted octanol–water partition coefficient (Wildman–Crippen LogP) is 0.600. The van der Waals surface area contributed by atoms with Gasteiger partial charge in [-0.05, 0) is 30.3 Å². The standard InChI is InChI=1S/C27H27N7O7S3/c28-18-21-5-1-3-7-25(21)43(38,39)33-11-9-31(10-12-33)27(35)24-17-23(20-30-24)42(36,37)32-13-15-34(16-14-32)44(40,41)26-8-4-2-6-22(26)19-29/h1-8,17,20,30H,9-16H2. The fourth-order valence-corrected chi connectivity index (χ4v) is 9.64. The number of aromatic amines is 1. The Morgan fingerprint density at radius 1 is 0.636 bits per heavy atom. The number of carbonyl (C=O) groups excluding carboxylic acids is 1. The molecule has 14 nitrogen and oxygen atoms in total. The maximum Gasteiger partial charge on any atom is 0.270 e. The van der Waals surface area contributed by atoms with Gasteiger partial charge in [-0.1, -0.05) is 24.3 Å². The topological polar surface area (TPSA) is 196 Å². The Bertz CT molecular complexity index is 2000. The lowest BCUT2D eigenvalue weighted by Gasteiger charge is -2.34. The molecular formula is C27H27N7O7S3. The summed E-state index contributed by atoms with van der Waals surface area (Å²) < 4.78 is 82.6. The maximum absolute atomic E-state index is 13.3. The first-order chi connectivity index (χ1) is 20.9. The highest BCUT2D eigenvalue weighted by Gasteiger charge is 2.36. The van der Waals surface area contributed by atoms with Crippen molar-refractivity contribution < 1.29 is 30.0 Å². The van der Waals surface area contributed by atoms with Crippen LogP contribution < -0.4 is 0 Å². The molecule has 3 aromatic rings. The third-order valence-electron chi connectivity index (χ3n) is 7.50. The number of sulfonamides is 3. The Labute approximate surface area is 255 Å². The zero-order valence-electron chi connectivity index (χ0n) is 23.2. The van der Waals surface area contributed by atoms with Crippen molar-refractivity contribution in [1.29, 1.82) is 10.5 Å². The molecule has 5 rings (SSSR count). The number of nitriles is 2. The number of benzene rings is 2. The van der Waals surface area contributed by atoms with Crippen molar-refractivity contribution in [1.82, 2.24) is 22.8 Å². The number of nitrogens with zero attached hydrogens (tertiary/aromatic N) is 6. The lowest BCUT2D eigenvalue weighted by atomic mass is 10.2. The lowest BCUT2D eigenvalue weighted by molar-refractivity contribution is 0.0692. The highest BCUT2D eigenvalue weighted by atomic mass is 32.2. The van der Waals surface area contributed by atoms with E-state index in [1.54, 1.807) is 12.1 Å². The van der Waals surface area contributed by atoms with E-state index in [-0.39, 0.29) is 83.9 Å². The number of hydrogen-bond acceptors (Lipinski definition) is 9. The van der Waals surface area contributed by atoms with E-state index >= 15 is 0 Å². The zero-order chi connectivity index (χ0) is 31.7. The van der Waals surface area contributed by atoms with Crippen molar-refractivity contribution in [2.75, 3.05) is 52.4 Å². The molecule has 0 saturated carbocycles.